The fourth-order valence-corrected chi connectivity index (χ4v) is 2.53. The zero-order chi connectivity index (χ0) is 13.9. The van der Waals surface area contributed by atoms with Gasteiger partial charge in [0.05, 0.1) is 12.1 Å². The Morgan fingerprint density at radius 2 is 2.16 bits per heavy atom. The fraction of sp³-hybridized carbons (Fsp3) is 0.571. The molecule has 0 unspecified atom stereocenters. The van der Waals surface area contributed by atoms with E-state index in [1.165, 1.54) is 4.90 Å². The molecule has 5 heteroatoms. The molecule has 1 aromatic heterocycles. The number of hydrogen-bond donors (Lipinski definition) is 2. The maximum Gasteiger partial charge on any atom is 0.272 e. The van der Waals surface area contributed by atoms with Gasteiger partial charge in [0.25, 0.3) is 5.91 Å². The fourth-order valence-electron chi connectivity index (χ4n) is 2.53. The predicted octanol–water partition coefficient (Wildman–Crippen LogP) is 1.50. The molecule has 1 fully saturated rings. The van der Waals surface area contributed by atoms with E-state index in [2.05, 4.69) is 10.3 Å². The molecular weight excluding hydrogens is 242 g/mol. The molecule has 5 nitrogen and oxygen atoms in total. The molecule has 0 aromatic carbocycles. The number of hydrogen-bond acceptors (Lipinski definition) is 4. The van der Waals surface area contributed by atoms with E-state index < -0.39 is 0 Å². The number of carbonyl (C=O) groups is 1. The Labute approximate surface area is 113 Å². The molecule has 0 bridgehead atoms. The molecule has 0 atom stereocenters. The summed E-state index contributed by atoms with van der Waals surface area (Å²) in [6.07, 6.45) is 5.80. The van der Waals surface area contributed by atoms with Crippen molar-refractivity contribution in [2.75, 3.05) is 26.0 Å². The Hall–Kier alpha value is -1.62. The van der Waals surface area contributed by atoms with Gasteiger partial charge in [0.1, 0.15) is 5.69 Å². The molecule has 1 heterocycles. The highest BCUT2D eigenvalue weighted by Crippen LogP contribution is 2.32. The number of aliphatic hydroxyl groups is 1. The van der Waals surface area contributed by atoms with E-state index in [4.69, 9.17) is 0 Å². The topological polar surface area (TPSA) is 65.5 Å². The number of nitrogens with zero attached hydrogens (tertiary/aromatic N) is 2. The minimum Gasteiger partial charge on any atom is -0.394 e. The van der Waals surface area contributed by atoms with Crippen molar-refractivity contribution in [3.05, 3.63) is 24.0 Å². The van der Waals surface area contributed by atoms with Crippen LogP contribution in [0.25, 0.3) is 0 Å². The SMILES string of the molecule is CN(C)C(=O)c1cc(NC2(CO)CCCC2)ccn1. The van der Waals surface area contributed by atoms with Crippen molar-refractivity contribution in [1.29, 1.82) is 0 Å². The summed E-state index contributed by atoms with van der Waals surface area (Å²) in [5.74, 6) is -0.117. The number of aromatic nitrogens is 1. The second-order valence-corrected chi connectivity index (χ2v) is 5.40. The van der Waals surface area contributed by atoms with Crippen LogP contribution in [0.5, 0.6) is 0 Å². The van der Waals surface area contributed by atoms with Crippen LogP contribution < -0.4 is 5.32 Å². The van der Waals surface area contributed by atoms with Crippen molar-refractivity contribution in [2.45, 2.75) is 31.2 Å². The lowest BCUT2D eigenvalue weighted by Crippen LogP contribution is -2.39. The van der Waals surface area contributed by atoms with Crippen LogP contribution in [-0.2, 0) is 0 Å². The Morgan fingerprint density at radius 3 is 2.74 bits per heavy atom. The van der Waals surface area contributed by atoms with Gasteiger partial charge in [-0.15, -0.1) is 0 Å². The summed E-state index contributed by atoms with van der Waals surface area (Å²) in [4.78, 5) is 17.5. The van der Waals surface area contributed by atoms with Crippen molar-refractivity contribution in [1.82, 2.24) is 9.88 Å². The number of carbonyl (C=O) groups excluding carboxylic acids is 1. The van der Waals surface area contributed by atoms with Gasteiger partial charge in [0.2, 0.25) is 0 Å². The largest absolute Gasteiger partial charge is 0.394 e. The third-order valence-corrected chi connectivity index (χ3v) is 3.66. The van der Waals surface area contributed by atoms with E-state index in [-0.39, 0.29) is 18.1 Å². The minimum absolute atomic E-state index is 0.117. The van der Waals surface area contributed by atoms with E-state index in [9.17, 15) is 9.90 Å². The average molecular weight is 263 g/mol. The van der Waals surface area contributed by atoms with Crippen molar-refractivity contribution in [3.8, 4) is 0 Å². The van der Waals surface area contributed by atoms with Crippen LogP contribution in [0, 0.1) is 0 Å². The monoisotopic (exact) mass is 263 g/mol. The standard InChI is InChI=1S/C14H21N3O2/c1-17(2)13(19)12-9-11(5-8-15-12)16-14(10-18)6-3-4-7-14/h5,8-9,18H,3-4,6-7,10H2,1-2H3,(H,15,16). The smallest absolute Gasteiger partial charge is 0.272 e. The number of anilines is 1. The van der Waals surface area contributed by atoms with E-state index in [0.717, 1.165) is 31.4 Å². The summed E-state index contributed by atoms with van der Waals surface area (Å²) < 4.78 is 0. The summed E-state index contributed by atoms with van der Waals surface area (Å²) in [6.45, 7) is 0.117. The van der Waals surface area contributed by atoms with E-state index in [0.29, 0.717) is 5.69 Å². The van der Waals surface area contributed by atoms with Gasteiger partial charge >= 0.3 is 0 Å². The number of aliphatic hydroxyl groups excluding tert-OH is 1. The molecule has 19 heavy (non-hydrogen) atoms. The quantitative estimate of drug-likeness (QED) is 0.864. The van der Waals surface area contributed by atoms with Crippen LogP contribution in [0.1, 0.15) is 36.2 Å². The predicted molar refractivity (Wildman–Crippen MR) is 74.2 cm³/mol. The van der Waals surface area contributed by atoms with Crippen LogP contribution in [0.3, 0.4) is 0 Å². The summed E-state index contributed by atoms with van der Waals surface area (Å²) in [5.41, 5.74) is 1.03. The Kier molecular flexibility index (Phi) is 4.04. The van der Waals surface area contributed by atoms with Gasteiger partial charge in [-0.2, -0.15) is 0 Å². The molecule has 1 aromatic rings. The maximum absolute atomic E-state index is 11.9. The lowest BCUT2D eigenvalue weighted by atomic mass is 9.98. The lowest BCUT2D eigenvalue weighted by Gasteiger charge is -2.29. The third-order valence-electron chi connectivity index (χ3n) is 3.66. The van der Waals surface area contributed by atoms with E-state index in [1.807, 2.05) is 6.07 Å². The Balaban J connectivity index is 2.17. The zero-order valence-electron chi connectivity index (χ0n) is 11.5. The summed E-state index contributed by atoms with van der Waals surface area (Å²) in [5, 5.41) is 13.0. The Bertz CT molecular complexity index is 454. The first-order valence-electron chi connectivity index (χ1n) is 6.63. The normalized spacial score (nSPS) is 17.2. The Morgan fingerprint density at radius 1 is 1.47 bits per heavy atom. The molecular formula is C14H21N3O2. The molecule has 1 aliphatic carbocycles. The number of amides is 1. The second kappa shape index (κ2) is 5.57. The first kappa shape index (κ1) is 13.8. The van der Waals surface area contributed by atoms with Gasteiger partial charge in [0.15, 0.2) is 0 Å². The highest BCUT2D eigenvalue weighted by molar-refractivity contribution is 5.92. The second-order valence-electron chi connectivity index (χ2n) is 5.40. The third kappa shape index (κ3) is 3.04. The van der Waals surface area contributed by atoms with Crippen LogP contribution in [0.4, 0.5) is 5.69 Å². The van der Waals surface area contributed by atoms with Gasteiger partial charge in [-0.05, 0) is 25.0 Å². The van der Waals surface area contributed by atoms with Gasteiger partial charge in [0, 0.05) is 26.0 Å². The van der Waals surface area contributed by atoms with Gasteiger partial charge in [-0.25, -0.2) is 0 Å². The molecule has 104 valence electrons. The minimum atomic E-state index is -0.236. The zero-order valence-corrected chi connectivity index (χ0v) is 11.5. The van der Waals surface area contributed by atoms with Crippen LogP contribution in [-0.4, -0.2) is 47.1 Å². The van der Waals surface area contributed by atoms with Crippen LogP contribution in [0.2, 0.25) is 0 Å². The van der Waals surface area contributed by atoms with Crippen LogP contribution >= 0.6 is 0 Å². The number of pyridine rings is 1. The summed E-state index contributed by atoms with van der Waals surface area (Å²) in [7, 11) is 3.41. The molecule has 0 aliphatic heterocycles. The molecule has 2 rings (SSSR count). The molecule has 1 saturated carbocycles. The summed E-state index contributed by atoms with van der Waals surface area (Å²) in [6, 6.07) is 3.58. The molecule has 1 aliphatic rings. The van der Waals surface area contributed by atoms with Crippen molar-refractivity contribution < 1.29 is 9.90 Å². The van der Waals surface area contributed by atoms with Gasteiger partial charge < -0.3 is 15.3 Å². The lowest BCUT2D eigenvalue weighted by molar-refractivity contribution is 0.0822. The average Bonchev–Trinajstić information content (AvgIpc) is 2.87. The molecule has 1 amide bonds. The van der Waals surface area contributed by atoms with Crippen molar-refractivity contribution in [2.24, 2.45) is 0 Å². The first-order valence-corrected chi connectivity index (χ1v) is 6.63. The van der Waals surface area contributed by atoms with Crippen molar-refractivity contribution >= 4 is 11.6 Å². The van der Waals surface area contributed by atoms with Gasteiger partial charge in [-0.3, -0.25) is 9.78 Å². The molecule has 0 radical (unpaired) electrons. The highest BCUT2D eigenvalue weighted by Gasteiger charge is 2.33. The van der Waals surface area contributed by atoms with Gasteiger partial charge in [-0.1, -0.05) is 12.8 Å². The molecule has 0 saturated heterocycles. The number of nitrogens with one attached hydrogen (secondary N) is 1. The maximum atomic E-state index is 11.9. The van der Waals surface area contributed by atoms with E-state index in [1.54, 1.807) is 26.4 Å². The van der Waals surface area contributed by atoms with E-state index >= 15 is 0 Å². The molecule has 2 N–H and O–H groups in total. The summed E-state index contributed by atoms with van der Waals surface area (Å²) >= 11 is 0. The first-order chi connectivity index (χ1) is 9.06. The van der Waals surface area contributed by atoms with Crippen LogP contribution in [0.15, 0.2) is 18.3 Å². The van der Waals surface area contributed by atoms with Crippen molar-refractivity contribution in [3.63, 3.8) is 0 Å². The highest BCUT2D eigenvalue weighted by atomic mass is 16.3. The molecule has 0 spiro atoms. The number of rotatable bonds is 4.